The zero-order valence-corrected chi connectivity index (χ0v) is 20.8. The number of carbonyl (C=O) groups is 1. The number of aryl methyl sites for hydroxylation is 2. The molecule has 168 valence electrons. The first-order valence-electron chi connectivity index (χ1n) is 10.4. The van der Waals surface area contributed by atoms with Crippen molar-refractivity contribution in [3.8, 4) is 0 Å². The third-order valence-electron chi connectivity index (χ3n) is 4.84. The number of anilines is 1. The Morgan fingerprint density at radius 3 is 2.66 bits per heavy atom. The van der Waals surface area contributed by atoms with Gasteiger partial charge in [0, 0.05) is 41.2 Å². The van der Waals surface area contributed by atoms with Crippen molar-refractivity contribution in [2.45, 2.75) is 43.9 Å². The average Bonchev–Trinajstić information content (AvgIpc) is 3.40. The smallest absolute Gasteiger partial charge is 0.260 e. The molecule has 0 spiro atoms. The highest BCUT2D eigenvalue weighted by atomic mass is 35.5. The monoisotopic (exact) mass is 486 g/mol. The second kappa shape index (κ2) is 11.0. The lowest BCUT2D eigenvalue weighted by atomic mass is 10.2. The molecule has 32 heavy (non-hydrogen) atoms. The molecule has 5 nitrogen and oxygen atoms in total. The van der Waals surface area contributed by atoms with Crippen LogP contribution in [0.15, 0.2) is 66.1 Å². The summed E-state index contributed by atoms with van der Waals surface area (Å²) in [5.74, 6) is -0.0116. The highest BCUT2D eigenvalue weighted by molar-refractivity contribution is 7.99. The zero-order chi connectivity index (χ0) is 21.8. The maximum absolute atomic E-state index is 13.5. The van der Waals surface area contributed by atoms with Crippen LogP contribution in [0.3, 0.4) is 0 Å². The van der Waals surface area contributed by atoms with Crippen molar-refractivity contribution in [3.63, 3.8) is 0 Å². The minimum absolute atomic E-state index is 0. The molecule has 0 bridgehead atoms. The van der Waals surface area contributed by atoms with Gasteiger partial charge in [0.2, 0.25) is 0 Å². The number of halogens is 1. The summed E-state index contributed by atoms with van der Waals surface area (Å²) in [6.45, 7) is 7.81. The first kappa shape index (κ1) is 24.3. The summed E-state index contributed by atoms with van der Waals surface area (Å²) in [5.41, 5.74) is 2.81. The fourth-order valence-electron chi connectivity index (χ4n) is 3.35. The van der Waals surface area contributed by atoms with E-state index < -0.39 is 0 Å². The number of hydrogen-bond acceptors (Lipinski definition) is 5. The minimum Gasteiger partial charge on any atom is -0.337 e. The van der Waals surface area contributed by atoms with E-state index in [2.05, 4.69) is 37.9 Å². The average molecular weight is 487 g/mol. The highest BCUT2D eigenvalue weighted by Gasteiger charge is 2.21. The number of aromatic nitrogens is 3. The molecule has 1 amide bonds. The molecule has 0 aliphatic heterocycles. The molecule has 2 aromatic carbocycles. The van der Waals surface area contributed by atoms with Gasteiger partial charge >= 0.3 is 0 Å². The summed E-state index contributed by atoms with van der Waals surface area (Å²) in [4.78, 5) is 25.3. The second-order valence-electron chi connectivity index (χ2n) is 7.77. The Labute approximate surface area is 203 Å². The number of fused-ring (bicyclic) bond motifs is 1. The van der Waals surface area contributed by atoms with Gasteiger partial charge < -0.3 is 4.57 Å². The van der Waals surface area contributed by atoms with Crippen LogP contribution in [-0.4, -0.2) is 32.2 Å². The van der Waals surface area contributed by atoms with Crippen LogP contribution in [0.1, 0.15) is 36.2 Å². The molecule has 0 saturated carbocycles. The molecule has 4 aromatic rings. The Kier molecular flexibility index (Phi) is 8.34. The van der Waals surface area contributed by atoms with Gasteiger partial charge in [-0.3, -0.25) is 9.69 Å². The third kappa shape index (κ3) is 5.91. The number of benzene rings is 2. The van der Waals surface area contributed by atoms with Crippen molar-refractivity contribution >= 4 is 56.8 Å². The lowest BCUT2D eigenvalue weighted by Gasteiger charge is -2.20. The van der Waals surface area contributed by atoms with Crippen LogP contribution >= 0.6 is 35.5 Å². The molecule has 0 fully saturated rings. The topological polar surface area (TPSA) is 51.0 Å². The Morgan fingerprint density at radius 2 is 1.97 bits per heavy atom. The van der Waals surface area contributed by atoms with Crippen LogP contribution in [-0.2, 0) is 6.54 Å². The van der Waals surface area contributed by atoms with E-state index in [-0.39, 0.29) is 18.3 Å². The summed E-state index contributed by atoms with van der Waals surface area (Å²) in [6, 6.07) is 14.1. The predicted molar refractivity (Wildman–Crippen MR) is 138 cm³/mol. The first-order chi connectivity index (χ1) is 15.0. The zero-order valence-electron chi connectivity index (χ0n) is 18.4. The third-order valence-corrected chi connectivity index (χ3v) is 6.90. The Morgan fingerprint density at radius 1 is 1.19 bits per heavy atom. The Hall–Kier alpha value is -2.35. The number of rotatable bonds is 8. The van der Waals surface area contributed by atoms with Gasteiger partial charge in [-0.25, -0.2) is 9.97 Å². The largest absolute Gasteiger partial charge is 0.337 e. The van der Waals surface area contributed by atoms with E-state index in [0.29, 0.717) is 17.4 Å². The van der Waals surface area contributed by atoms with Crippen LogP contribution in [0.5, 0.6) is 0 Å². The molecule has 0 N–H and O–H groups in total. The number of carbonyl (C=O) groups excluding carboxylic acids is 1. The van der Waals surface area contributed by atoms with Crippen LogP contribution in [0.25, 0.3) is 10.2 Å². The van der Waals surface area contributed by atoms with Crippen molar-refractivity contribution in [2.75, 3.05) is 11.4 Å². The van der Waals surface area contributed by atoms with Gasteiger partial charge in [-0.15, -0.1) is 24.2 Å². The van der Waals surface area contributed by atoms with Gasteiger partial charge in [-0.1, -0.05) is 31.3 Å². The van der Waals surface area contributed by atoms with Crippen molar-refractivity contribution in [3.05, 3.63) is 72.3 Å². The summed E-state index contributed by atoms with van der Waals surface area (Å²) >= 11 is 3.37. The van der Waals surface area contributed by atoms with E-state index >= 15 is 0 Å². The maximum atomic E-state index is 13.5. The van der Waals surface area contributed by atoms with Gasteiger partial charge in [0.1, 0.15) is 0 Å². The number of hydrogen-bond donors (Lipinski definition) is 0. The second-order valence-corrected chi connectivity index (χ2v) is 10.4. The molecule has 0 atom stereocenters. The summed E-state index contributed by atoms with van der Waals surface area (Å²) < 4.78 is 3.13. The number of thiazole rings is 1. The van der Waals surface area contributed by atoms with Crippen molar-refractivity contribution < 1.29 is 4.79 Å². The molecule has 4 rings (SSSR count). The van der Waals surface area contributed by atoms with Gasteiger partial charge in [0.05, 0.1) is 16.5 Å². The molecule has 2 heterocycles. The molecule has 0 aliphatic carbocycles. The van der Waals surface area contributed by atoms with Crippen molar-refractivity contribution in [1.29, 1.82) is 0 Å². The summed E-state index contributed by atoms with van der Waals surface area (Å²) in [5, 5.41) is 1.25. The molecule has 0 unspecified atom stereocenters. The lowest BCUT2D eigenvalue weighted by Crippen LogP contribution is -2.32. The van der Waals surface area contributed by atoms with E-state index in [9.17, 15) is 4.79 Å². The van der Waals surface area contributed by atoms with E-state index in [1.54, 1.807) is 35.6 Å². The van der Waals surface area contributed by atoms with Crippen molar-refractivity contribution in [2.24, 2.45) is 0 Å². The molecule has 2 aromatic heterocycles. The first-order valence-corrected chi connectivity index (χ1v) is 12.1. The quantitative estimate of drug-likeness (QED) is 0.268. The lowest BCUT2D eigenvalue weighted by molar-refractivity contribution is 0.0986. The fourth-order valence-corrected chi connectivity index (χ4v) is 5.28. The number of amides is 1. The normalized spacial score (nSPS) is 11.0. The van der Waals surface area contributed by atoms with Crippen LogP contribution in [0, 0.1) is 6.92 Å². The van der Waals surface area contributed by atoms with E-state index in [1.165, 1.54) is 10.5 Å². The van der Waals surface area contributed by atoms with Gasteiger partial charge in [0.25, 0.3) is 5.91 Å². The molecule has 0 saturated heterocycles. The highest BCUT2D eigenvalue weighted by Crippen LogP contribution is 2.31. The molecular formula is C24H27ClN4OS2. The predicted octanol–water partition coefficient (Wildman–Crippen LogP) is 6.46. The van der Waals surface area contributed by atoms with Gasteiger partial charge in [-0.2, -0.15) is 0 Å². The Balaban J connectivity index is 0.00000289. The molecular weight excluding hydrogens is 460 g/mol. The SMILES string of the molecule is Cc1ccc2nc(N(CCCn3ccnc3)C(=O)c3ccc(SC(C)C)cc3)sc2c1.Cl. The minimum atomic E-state index is -0.0116. The summed E-state index contributed by atoms with van der Waals surface area (Å²) in [7, 11) is 0. The standard InChI is InChI=1S/C24H26N4OS2.ClH/c1-17(2)30-20-8-6-19(7-9-20)23(29)28(13-4-12-27-14-11-25-16-27)24-26-21-10-5-18(3)15-22(21)31-24;/h5-11,14-17H,4,12-13H2,1-3H3;1H. The van der Waals surface area contributed by atoms with Crippen molar-refractivity contribution in [1.82, 2.24) is 14.5 Å². The Bertz CT molecular complexity index is 1160. The number of nitrogens with zero attached hydrogens (tertiary/aromatic N) is 4. The molecule has 8 heteroatoms. The van der Waals surface area contributed by atoms with E-state index in [4.69, 9.17) is 4.98 Å². The molecule has 0 radical (unpaired) electrons. The fraction of sp³-hybridized carbons (Fsp3) is 0.292. The number of thioether (sulfide) groups is 1. The van der Waals surface area contributed by atoms with E-state index in [1.807, 2.05) is 46.0 Å². The van der Waals surface area contributed by atoms with Crippen LogP contribution in [0.4, 0.5) is 5.13 Å². The summed E-state index contributed by atoms with van der Waals surface area (Å²) in [6.07, 6.45) is 6.34. The number of imidazole rings is 1. The van der Waals surface area contributed by atoms with E-state index in [0.717, 1.165) is 28.3 Å². The van der Waals surface area contributed by atoms with Gasteiger partial charge in [0.15, 0.2) is 5.13 Å². The van der Waals surface area contributed by atoms with Crippen LogP contribution in [0.2, 0.25) is 0 Å². The maximum Gasteiger partial charge on any atom is 0.260 e. The van der Waals surface area contributed by atoms with Crippen LogP contribution < -0.4 is 4.90 Å². The molecule has 0 aliphatic rings. The van der Waals surface area contributed by atoms with Gasteiger partial charge in [-0.05, 0) is 55.3 Å².